The minimum Gasteiger partial charge on any atom is -0.371 e. The van der Waals surface area contributed by atoms with Crippen molar-refractivity contribution in [3.8, 4) is 0 Å². The van der Waals surface area contributed by atoms with E-state index >= 15 is 0 Å². The van der Waals surface area contributed by atoms with Crippen molar-refractivity contribution in [3.63, 3.8) is 0 Å². The molecular formula is C13H21NO2S2. The van der Waals surface area contributed by atoms with Crippen LogP contribution in [-0.2, 0) is 4.79 Å². The van der Waals surface area contributed by atoms with E-state index in [1.54, 1.807) is 11.8 Å². The molecule has 1 aliphatic carbocycles. The number of thioether (sulfide) groups is 2. The van der Waals surface area contributed by atoms with Crippen LogP contribution in [0, 0.1) is 5.41 Å². The van der Waals surface area contributed by atoms with E-state index in [1.807, 2.05) is 23.5 Å². The largest absolute Gasteiger partial charge is 0.371 e. The van der Waals surface area contributed by atoms with Gasteiger partial charge in [-0.25, -0.2) is 0 Å². The number of carbonyl (C=O) groups is 1. The summed E-state index contributed by atoms with van der Waals surface area (Å²) in [6.45, 7) is 2.36. The lowest BCUT2D eigenvalue weighted by Crippen LogP contribution is -2.46. The first-order valence-corrected chi connectivity index (χ1v) is 8.89. The number of aliphatic hydroxyl groups is 1. The highest BCUT2D eigenvalue weighted by Gasteiger charge is 2.59. The van der Waals surface area contributed by atoms with E-state index in [1.165, 1.54) is 24.3 Å². The summed E-state index contributed by atoms with van der Waals surface area (Å²) in [6, 6.07) is 0. The zero-order valence-corrected chi connectivity index (χ0v) is 12.5. The fourth-order valence-electron chi connectivity index (χ4n) is 3.81. The summed E-state index contributed by atoms with van der Waals surface area (Å²) in [5, 5.41) is 10.7. The van der Waals surface area contributed by atoms with Gasteiger partial charge in [0.25, 0.3) is 0 Å². The van der Waals surface area contributed by atoms with E-state index < -0.39 is 5.72 Å². The Labute approximate surface area is 117 Å². The number of nitrogens with zero attached hydrogens (tertiary/aromatic N) is 1. The van der Waals surface area contributed by atoms with Gasteiger partial charge in [-0.2, -0.15) is 0 Å². The number of hydrogen-bond donors (Lipinski definition) is 1. The van der Waals surface area contributed by atoms with Gasteiger partial charge < -0.3 is 10.0 Å². The summed E-state index contributed by atoms with van der Waals surface area (Å²) >= 11 is 4.09. The van der Waals surface area contributed by atoms with Crippen LogP contribution >= 0.6 is 23.5 Å². The van der Waals surface area contributed by atoms with Crippen LogP contribution in [0.25, 0.3) is 0 Å². The summed E-state index contributed by atoms with van der Waals surface area (Å²) in [6.07, 6.45) is 5.07. The molecule has 2 aliphatic heterocycles. The summed E-state index contributed by atoms with van der Waals surface area (Å²) < 4.78 is 0.572. The molecular weight excluding hydrogens is 266 g/mol. The molecule has 0 unspecified atom stereocenters. The number of likely N-dealkylation sites (tertiary alicyclic amines) is 1. The molecule has 5 heteroatoms. The van der Waals surface area contributed by atoms with Gasteiger partial charge >= 0.3 is 0 Å². The van der Waals surface area contributed by atoms with Crippen molar-refractivity contribution < 1.29 is 9.90 Å². The minimum atomic E-state index is -0.845. The molecule has 0 aromatic carbocycles. The van der Waals surface area contributed by atoms with E-state index in [2.05, 4.69) is 0 Å². The van der Waals surface area contributed by atoms with Crippen molar-refractivity contribution in [1.29, 1.82) is 0 Å². The highest BCUT2D eigenvalue weighted by atomic mass is 32.2. The van der Waals surface area contributed by atoms with Crippen LogP contribution in [0.4, 0.5) is 0 Å². The normalized spacial score (nSPS) is 41.1. The van der Waals surface area contributed by atoms with Gasteiger partial charge in [-0.1, -0.05) is 0 Å². The lowest BCUT2D eigenvalue weighted by Gasteiger charge is -2.41. The van der Waals surface area contributed by atoms with E-state index in [9.17, 15) is 9.90 Å². The van der Waals surface area contributed by atoms with Crippen molar-refractivity contribution in [2.24, 2.45) is 5.41 Å². The number of amides is 1. The molecule has 1 amide bonds. The molecule has 0 spiro atoms. The molecule has 1 saturated carbocycles. The van der Waals surface area contributed by atoms with Gasteiger partial charge in [0.15, 0.2) is 0 Å². The average molecular weight is 287 g/mol. The molecule has 1 N–H and O–H groups in total. The van der Waals surface area contributed by atoms with Gasteiger partial charge in [0.2, 0.25) is 5.91 Å². The molecule has 3 fully saturated rings. The monoisotopic (exact) mass is 287 g/mol. The second-order valence-corrected chi connectivity index (χ2v) is 8.63. The van der Waals surface area contributed by atoms with Crippen LogP contribution in [0.5, 0.6) is 0 Å². The van der Waals surface area contributed by atoms with Crippen LogP contribution in [0.2, 0.25) is 0 Å². The molecule has 18 heavy (non-hydrogen) atoms. The maximum Gasteiger partial charge on any atom is 0.221 e. The zero-order chi connectivity index (χ0) is 12.8. The highest BCUT2D eigenvalue weighted by molar-refractivity contribution is 8.17. The van der Waals surface area contributed by atoms with Gasteiger partial charge in [-0.3, -0.25) is 4.79 Å². The third-order valence-corrected chi connectivity index (χ3v) is 8.04. The van der Waals surface area contributed by atoms with Crippen molar-refractivity contribution >= 4 is 29.4 Å². The molecule has 2 saturated heterocycles. The second-order valence-electron chi connectivity index (χ2n) is 5.91. The van der Waals surface area contributed by atoms with Crippen molar-refractivity contribution in [3.05, 3.63) is 0 Å². The fraction of sp³-hybridized carbons (Fsp3) is 0.923. The van der Waals surface area contributed by atoms with Gasteiger partial charge in [0.05, 0.1) is 4.58 Å². The van der Waals surface area contributed by atoms with E-state index in [-0.39, 0.29) is 11.3 Å². The van der Waals surface area contributed by atoms with Gasteiger partial charge in [-0.05, 0) is 37.2 Å². The van der Waals surface area contributed by atoms with E-state index in [4.69, 9.17) is 0 Å². The van der Waals surface area contributed by atoms with E-state index in [0.29, 0.717) is 4.58 Å². The molecule has 2 heterocycles. The smallest absolute Gasteiger partial charge is 0.221 e. The Bertz CT molecular complexity index is 359. The first kappa shape index (κ1) is 13.1. The maximum atomic E-state index is 11.8. The van der Waals surface area contributed by atoms with Gasteiger partial charge in [-0.15, -0.1) is 23.5 Å². The third kappa shape index (κ3) is 1.98. The van der Waals surface area contributed by atoms with Crippen molar-refractivity contribution in [2.45, 2.75) is 49.3 Å². The summed E-state index contributed by atoms with van der Waals surface area (Å²) in [7, 11) is 0. The first-order chi connectivity index (χ1) is 8.56. The molecule has 3 nitrogen and oxygen atoms in total. The number of rotatable bonds is 1. The topological polar surface area (TPSA) is 40.5 Å². The lowest BCUT2D eigenvalue weighted by atomic mass is 9.75. The maximum absolute atomic E-state index is 11.8. The second kappa shape index (κ2) is 4.60. The molecule has 0 aromatic rings. The Balaban J connectivity index is 1.86. The zero-order valence-electron chi connectivity index (χ0n) is 10.9. The summed E-state index contributed by atoms with van der Waals surface area (Å²) in [4.78, 5) is 13.5. The first-order valence-electron chi connectivity index (χ1n) is 6.80. The molecule has 2 bridgehead atoms. The standard InChI is InChI=1S/C13H21NO2S2/c1-10(15)14-9-12(11-17-6-3-7-18-11)4-2-5-13(14,16)8-12/h11,16H,2-9H2,1H3/t12-,13+/m0/s1. The Morgan fingerprint density at radius 3 is 2.67 bits per heavy atom. The Morgan fingerprint density at radius 1 is 1.28 bits per heavy atom. The van der Waals surface area contributed by atoms with Crippen molar-refractivity contribution in [2.75, 3.05) is 18.1 Å². The molecule has 0 aromatic heterocycles. The highest BCUT2D eigenvalue weighted by Crippen LogP contribution is 2.58. The molecule has 3 rings (SSSR count). The molecule has 2 atom stereocenters. The van der Waals surface area contributed by atoms with Crippen LogP contribution in [0.3, 0.4) is 0 Å². The quantitative estimate of drug-likeness (QED) is 0.803. The predicted octanol–water partition coefficient (Wildman–Crippen LogP) is 2.29. The van der Waals surface area contributed by atoms with Crippen LogP contribution in [-0.4, -0.2) is 44.3 Å². The molecule has 3 aliphatic rings. The van der Waals surface area contributed by atoms with Gasteiger partial charge in [0, 0.05) is 25.3 Å². The van der Waals surface area contributed by atoms with Crippen LogP contribution in [0.15, 0.2) is 0 Å². The third-order valence-electron chi connectivity index (χ3n) is 4.57. The minimum absolute atomic E-state index is 0.0343. The van der Waals surface area contributed by atoms with Gasteiger partial charge in [0.1, 0.15) is 5.72 Å². The van der Waals surface area contributed by atoms with Crippen molar-refractivity contribution in [1.82, 2.24) is 4.90 Å². The molecule has 102 valence electrons. The summed E-state index contributed by atoms with van der Waals surface area (Å²) in [5.41, 5.74) is -0.683. The predicted molar refractivity (Wildman–Crippen MR) is 76.6 cm³/mol. The lowest BCUT2D eigenvalue weighted by molar-refractivity contribution is -0.151. The average Bonchev–Trinajstić information content (AvgIpc) is 2.58. The molecule has 0 radical (unpaired) electrons. The number of carbonyl (C=O) groups excluding carboxylic acids is 1. The Morgan fingerprint density at radius 2 is 2.00 bits per heavy atom. The fourth-order valence-corrected chi connectivity index (χ4v) is 7.27. The Hall–Kier alpha value is 0.130. The number of hydrogen-bond acceptors (Lipinski definition) is 4. The van der Waals surface area contributed by atoms with Crippen LogP contribution < -0.4 is 0 Å². The Kier molecular flexibility index (Phi) is 3.35. The SMILES string of the molecule is CC(=O)N1C[C@]2(C3SCCCS3)CCC[C@@]1(O)C2. The van der Waals surface area contributed by atoms with Crippen LogP contribution in [0.1, 0.15) is 39.0 Å². The number of fused-ring (bicyclic) bond motifs is 2. The summed E-state index contributed by atoms with van der Waals surface area (Å²) in [5.74, 6) is 2.50. The van der Waals surface area contributed by atoms with E-state index in [0.717, 1.165) is 25.8 Å².